The Morgan fingerprint density at radius 2 is 1.79 bits per heavy atom. The number of hydrogen-bond acceptors (Lipinski definition) is 4. The molecule has 0 unspecified atom stereocenters. The molecule has 33 heavy (non-hydrogen) atoms. The molecule has 160 valence electrons. The molecule has 0 amide bonds. The van der Waals surface area contributed by atoms with E-state index in [2.05, 4.69) is 31.0 Å². The van der Waals surface area contributed by atoms with E-state index in [0.29, 0.717) is 6.54 Å². The van der Waals surface area contributed by atoms with Crippen LogP contribution in [0.25, 0.3) is 27.5 Å². The number of nitrogens with zero attached hydrogens (tertiary/aromatic N) is 5. The molecular weight excluding hydrogens is 415 g/mol. The maximum Gasteiger partial charge on any atom is 0.141 e. The number of rotatable bonds is 5. The molecule has 3 heterocycles. The molecule has 0 aliphatic heterocycles. The summed E-state index contributed by atoms with van der Waals surface area (Å²) in [6.07, 6.45) is 7.40. The molecular formula is C26H19FN6. The predicted octanol–water partition coefficient (Wildman–Crippen LogP) is 5.70. The second kappa shape index (κ2) is 7.87. The zero-order valence-electron chi connectivity index (χ0n) is 17.6. The maximum absolute atomic E-state index is 13.5. The molecule has 0 saturated carbocycles. The van der Waals surface area contributed by atoms with Crippen LogP contribution in [0.3, 0.4) is 0 Å². The van der Waals surface area contributed by atoms with Crippen LogP contribution >= 0.6 is 0 Å². The molecule has 1 N–H and O–H groups in total. The maximum atomic E-state index is 13.5. The minimum absolute atomic E-state index is 0.243. The zero-order chi connectivity index (χ0) is 22.2. The first-order chi connectivity index (χ1) is 16.2. The van der Waals surface area contributed by atoms with Gasteiger partial charge in [-0.3, -0.25) is 4.68 Å². The lowest BCUT2D eigenvalue weighted by atomic mass is 10.2. The van der Waals surface area contributed by atoms with Crippen molar-refractivity contribution in [3.8, 4) is 5.69 Å². The average molecular weight is 434 g/mol. The van der Waals surface area contributed by atoms with Crippen molar-refractivity contribution in [3.05, 3.63) is 109 Å². The zero-order valence-corrected chi connectivity index (χ0v) is 17.6. The Morgan fingerprint density at radius 1 is 0.879 bits per heavy atom. The van der Waals surface area contributed by atoms with E-state index < -0.39 is 0 Å². The normalized spacial score (nSPS) is 11.3. The van der Waals surface area contributed by atoms with E-state index in [1.165, 1.54) is 12.1 Å². The summed E-state index contributed by atoms with van der Waals surface area (Å²) >= 11 is 0. The van der Waals surface area contributed by atoms with Gasteiger partial charge in [0, 0.05) is 34.5 Å². The molecule has 7 heteroatoms. The molecule has 0 fully saturated rings. The summed E-state index contributed by atoms with van der Waals surface area (Å²) in [4.78, 5) is 8.89. The van der Waals surface area contributed by atoms with Crippen molar-refractivity contribution in [3.63, 3.8) is 0 Å². The van der Waals surface area contributed by atoms with Gasteiger partial charge in [0.1, 0.15) is 18.0 Å². The molecule has 0 radical (unpaired) electrons. The fraction of sp³-hybridized carbons (Fsp3) is 0.0385. The van der Waals surface area contributed by atoms with E-state index in [-0.39, 0.29) is 5.82 Å². The van der Waals surface area contributed by atoms with E-state index in [0.717, 1.165) is 44.6 Å². The molecule has 0 bridgehead atoms. The second-order valence-electron chi connectivity index (χ2n) is 7.84. The van der Waals surface area contributed by atoms with Crippen LogP contribution in [0.4, 0.5) is 15.9 Å². The summed E-state index contributed by atoms with van der Waals surface area (Å²) in [7, 11) is 0. The summed E-state index contributed by atoms with van der Waals surface area (Å²) in [5.41, 5.74) is 4.66. The smallest absolute Gasteiger partial charge is 0.141 e. The van der Waals surface area contributed by atoms with Gasteiger partial charge in [-0.25, -0.2) is 14.4 Å². The van der Waals surface area contributed by atoms with Crippen molar-refractivity contribution < 1.29 is 4.39 Å². The number of fused-ring (bicyclic) bond motifs is 2. The Bertz CT molecular complexity index is 1590. The van der Waals surface area contributed by atoms with Crippen LogP contribution in [-0.4, -0.2) is 24.3 Å². The highest BCUT2D eigenvalue weighted by Gasteiger charge is 2.09. The third-order valence-electron chi connectivity index (χ3n) is 5.65. The monoisotopic (exact) mass is 434 g/mol. The lowest BCUT2D eigenvalue weighted by molar-refractivity contribution is 0.621. The Kier molecular flexibility index (Phi) is 4.58. The largest absolute Gasteiger partial charge is 0.340 e. The molecule has 6 aromatic rings. The minimum atomic E-state index is -0.243. The standard InChI is InChI=1S/C26H19FN6/c27-20-5-3-4-18(12-20)16-33-25-9-6-21(13-19(25)15-30-33)31-26-23-14-22(32-10-1-2-11-32)7-8-24(23)28-17-29-26/h1-15,17H,16H2,(H,28,29,31). The van der Waals surface area contributed by atoms with Crippen LogP contribution in [-0.2, 0) is 6.54 Å². The first kappa shape index (κ1) is 19.2. The summed E-state index contributed by atoms with van der Waals surface area (Å²) in [6, 6.07) is 22.7. The van der Waals surface area contributed by atoms with Crippen molar-refractivity contribution in [2.24, 2.45) is 0 Å². The highest BCUT2D eigenvalue weighted by Crippen LogP contribution is 2.27. The third kappa shape index (κ3) is 3.70. The lowest BCUT2D eigenvalue weighted by Crippen LogP contribution is -2.01. The molecule has 3 aromatic heterocycles. The summed E-state index contributed by atoms with van der Waals surface area (Å²) < 4.78 is 17.5. The van der Waals surface area contributed by atoms with Gasteiger partial charge < -0.3 is 9.88 Å². The van der Waals surface area contributed by atoms with E-state index in [1.807, 2.05) is 71.8 Å². The summed E-state index contributed by atoms with van der Waals surface area (Å²) in [5, 5.41) is 9.85. The van der Waals surface area contributed by atoms with Gasteiger partial charge in [-0.2, -0.15) is 5.10 Å². The topological polar surface area (TPSA) is 60.6 Å². The molecule has 0 atom stereocenters. The Balaban J connectivity index is 1.32. The van der Waals surface area contributed by atoms with Gasteiger partial charge in [0.2, 0.25) is 0 Å². The van der Waals surface area contributed by atoms with Gasteiger partial charge in [-0.1, -0.05) is 12.1 Å². The fourth-order valence-electron chi connectivity index (χ4n) is 4.05. The van der Waals surface area contributed by atoms with E-state index in [1.54, 1.807) is 12.4 Å². The van der Waals surface area contributed by atoms with Crippen LogP contribution in [0.2, 0.25) is 0 Å². The first-order valence-corrected chi connectivity index (χ1v) is 10.6. The Labute approximate surface area is 189 Å². The number of aromatic nitrogens is 5. The van der Waals surface area contributed by atoms with Gasteiger partial charge in [0.15, 0.2) is 0 Å². The molecule has 0 spiro atoms. The summed E-state index contributed by atoms with van der Waals surface area (Å²) in [5.74, 6) is 0.493. The number of benzene rings is 3. The van der Waals surface area contributed by atoms with E-state index >= 15 is 0 Å². The lowest BCUT2D eigenvalue weighted by Gasteiger charge is -2.11. The van der Waals surface area contributed by atoms with Crippen LogP contribution in [0.1, 0.15) is 5.56 Å². The van der Waals surface area contributed by atoms with Crippen molar-refractivity contribution in [1.82, 2.24) is 24.3 Å². The van der Waals surface area contributed by atoms with Gasteiger partial charge >= 0.3 is 0 Å². The molecule has 0 aliphatic rings. The molecule has 6 rings (SSSR count). The SMILES string of the molecule is Fc1cccc(Cn2ncc3cc(Nc4ncnc5ccc(-n6cccc6)cc45)ccc32)c1. The van der Waals surface area contributed by atoms with Gasteiger partial charge in [-0.15, -0.1) is 0 Å². The minimum Gasteiger partial charge on any atom is -0.340 e. The number of hydrogen-bond donors (Lipinski definition) is 1. The van der Waals surface area contributed by atoms with E-state index in [4.69, 9.17) is 0 Å². The Hall–Kier alpha value is -4.52. The molecule has 6 nitrogen and oxygen atoms in total. The molecule has 0 saturated heterocycles. The fourth-order valence-corrected chi connectivity index (χ4v) is 4.05. The van der Waals surface area contributed by atoms with Crippen molar-refractivity contribution >= 4 is 33.3 Å². The third-order valence-corrected chi connectivity index (χ3v) is 5.65. The van der Waals surface area contributed by atoms with Gasteiger partial charge in [0.25, 0.3) is 0 Å². The van der Waals surface area contributed by atoms with Crippen LogP contribution in [0.5, 0.6) is 0 Å². The van der Waals surface area contributed by atoms with Crippen LogP contribution < -0.4 is 5.32 Å². The number of halogens is 1. The van der Waals surface area contributed by atoms with Crippen molar-refractivity contribution in [2.75, 3.05) is 5.32 Å². The van der Waals surface area contributed by atoms with Gasteiger partial charge in [-0.05, 0) is 66.2 Å². The van der Waals surface area contributed by atoms with Crippen molar-refractivity contribution in [1.29, 1.82) is 0 Å². The first-order valence-electron chi connectivity index (χ1n) is 10.6. The molecule has 3 aromatic carbocycles. The van der Waals surface area contributed by atoms with Gasteiger partial charge in [0.05, 0.1) is 23.8 Å². The van der Waals surface area contributed by atoms with E-state index in [9.17, 15) is 4.39 Å². The van der Waals surface area contributed by atoms with Crippen LogP contribution in [0.15, 0.2) is 97.7 Å². The average Bonchev–Trinajstić information content (AvgIpc) is 3.50. The van der Waals surface area contributed by atoms with Crippen LogP contribution in [0, 0.1) is 5.82 Å². The quantitative estimate of drug-likeness (QED) is 0.378. The number of nitrogens with one attached hydrogen (secondary N) is 1. The second-order valence-corrected chi connectivity index (χ2v) is 7.84. The Morgan fingerprint density at radius 3 is 2.67 bits per heavy atom. The van der Waals surface area contributed by atoms with Crippen molar-refractivity contribution in [2.45, 2.75) is 6.54 Å². The highest BCUT2D eigenvalue weighted by atomic mass is 19.1. The molecule has 0 aliphatic carbocycles. The predicted molar refractivity (Wildman–Crippen MR) is 127 cm³/mol. The highest BCUT2D eigenvalue weighted by molar-refractivity contribution is 5.93. The number of anilines is 2. The summed E-state index contributed by atoms with van der Waals surface area (Å²) in [6.45, 7) is 0.507.